The zero-order valence-electron chi connectivity index (χ0n) is 16.1. The maximum atomic E-state index is 9.48. The summed E-state index contributed by atoms with van der Waals surface area (Å²) in [4.78, 5) is 7.47. The Balaban J connectivity index is 0.00000117. The quantitative estimate of drug-likeness (QED) is 0.559. The Morgan fingerprint density at radius 2 is 1.81 bits per heavy atom. The number of aryl methyl sites for hydroxylation is 1. The van der Waals surface area contributed by atoms with Crippen LogP contribution in [0.2, 0.25) is 0 Å². The number of rotatable bonds is 5. The Hall–Kier alpha value is -2.81. The van der Waals surface area contributed by atoms with Gasteiger partial charge in [-0.1, -0.05) is 62.9 Å². The Labute approximate surface area is 156 Å². The van der Waals surface area contributed by atoms with Crippen LogP contribution >= 0.6 is 0 Å². The van der Waals surface area contributed by atoms with E-state index in [2.05, 4.69) is 48.6 Å². The number of nitrogens with one attached hydrogen (secondary N) is 1. The van der Waals surface area contributed by atoms with Crippen molar-refractivity contribution in [3.05, 3.63) is 95.1 Å². The molecule has 3 aromatic rings. The molecule has 0 aliphatic heterocycles. The molecule has 0 bridgehead atoms. The predicted octanol–water partition coefficient (Wildman–Crippen LogP) is 5.96. The van der Waals surface area contributed by atoms with Crippen molar-refractivity contribution < 1.29 is 5.11 Å². The van der Waals surface area contributed by atoms with E-state index in [1.807, 2.05) is 44.3 Å². The van der Waals surface area contributed by atoms with Crippen molar-refractivity contribution in [3.8, 4) is 0 Å². The van der Waals surface area contributed by atoms with E-state index in [1.165, 1.54) is 22.3 Å². The third kappa shape index (κ3) is 4.42. The molecule has 1 heterocycles. The van der Waals surface area contributed by atoms with Crippen LogP contribution in [0.15, 0.2) is 61.6 Å². The standard InChI is InChI=1S/C21H22N2O.C2H6/c1-14-5-4-6-19(15(14)2)20(21-12-22-13-23-21)11-17-7-9-18(10-8-17)16(3)24;1-2/h4-10,12-13,20,24H,3,11H2,1-2H3,(H,22,23);1-2H3. The molecule has 0 aliphatic rings. The van der Waals surface area contributed by atoms with Crippen molar-refractivity contribution in [2.45, 2.75) is 40.0 Å². The summed E-state index contributed by atoms with van der Waals surface area (Å²) in [5.74, 6) is 0.316. The number of hydrogen-bond donors (Lipinski definition) is 2. The number of aliphatic hydroxyl groups is 1. The maximum absolute atomic E-state index is 9.48. The second-order valence-electron chi connectivity index (χ2n) is 6.20. The van der Waals surface area contributed by atoms with Gasteiger partial charge in [-0.3, -0.25) is 0 Å². The van der Waals surface area contributed by atoms with Crippen LogP contribution in [0.4, 0.5) is 0 Å². The number of hydrogen-bond acceptors (Lipinski definition) is 2. The highest BCUT2D eigenvalue weighted by Crippen LogP contribution is 2.31. The minimum absolute atomic E-state index is 0.0983. The fourth-order valence-electron chi connectivity index (χ4n) is 3.06. The number of nitrogens with zero attached hydrogens (tertiary/aromatic N) is 1. The molecule has 0 amide bonds. The Bertz CT molecular complexity index is 833. The van der Waals surface area contributed by atoms with Gasteiger partial charge in [0.15, 0.2) is 0 Å². The highest BCUT2D eigenvalue weighted by molar-refractivity contribution is 5.56. The number of aromatic nitrogens is 2. The van der Waals surface area contributed by atoms with E-state index < -0.39 is 0 Å². The zero-order valence-corrected chi connectivity index (χ0v) is 16.1. The van der Waals surface area contributed by atoms with Gasteiger partial charge < -0.3 is 10.1 Å². The van der Waals surface area contributed by atoms with Crippen LogP contribution in [0.1, 0.15) is 53.3 Å². The first kappa shape index (κ1) is 19.5. The van der Waals surface area contributed by atoms with E-state index in [4.69, 9.17) is 0 Å². The molecule has 0 radical (unpaired) electrons. The minimum Gasteiger partial charge on any atom is -0.508 e. The summed E-state index contributed by atoms with van der Waals surface area (Å²) in [6.45, 7) is 11.9. The molecule has 136 valence electrons. The fraction of sp³-hybridized carbons (Fsp3) is 0.261. The van der Waals surface area contributed by atoms with Gasteiger partial charge in [0.25, 0.3) is 0 Å². The van der Waals surface area contributed by atoms with E-state index in [0.717, 1.165) is 17.7 Å². The second kappa shape index (κ2) is 9.04. The van der Waals surface area contributed by atoms with Crippen LogP contribution in [-0.2, 0) is 6.42 Å². The van der Waals surface area contributed by atoms with E-state index in [9.17, 15) is 5.11 Å². The average Bonchev–Trinajstić information content (AvgIpc) is 3.19. The molecule has 0 spiro atoms. The molecule has 0 saturated carbocycles. The SMILES string of the molecule is C=C(O)c1ccc(CC(c2cnc[nH]2)c2cccc(C)c2C)cc1.CC. The minimum atomic E-state index is 0.0983. The van der Waals surface area contributed by atoms with Gasteiger partial charge in [-0.05, 0) is 42.5 Å². The monoisotopic (exact) mass is 348 g/mol. The van der Waals surface area contributed by atoms with Gasteiger partial charge in [-0.2, -0.15) is 0 Å². The summed E-state index contributed by atoms with van der Waals surface area (Å²) in [5, 5.41) is 9.48. The highest BCUT2D eigenvalue weighted by atomic mass is 16.3. The maximum Gasteiger partial charge on any atom is 0.115 e. The van der Waals surface area contributed by atoms with Crippen LogP contribution in [0.5, 0.6) is 0 Å². The molecule has 2 aromatic carbocycles. The number of aliphatic hydroxyl groups excluding tert-OH is 1. The number of benzene rings is 2. The smallest absolute Gasteiger partial charge is 0.115 e. The molecule has 3 rings (SSSR count). The first-order chi connectivity index (χ1) is 12.6. The lowest BCUT2D eigenvalue weighted by molar-refractivity contribution is 0.514. The molecule has 26 heavy (non-hydrogen) atoms. The van der Waals surface area contributed by atoms with Gasteiger partial charge in [-0.25, -0.2) is 4.98 Å². The van der Waals surface area contributed by atoms with Gasteiger partial charge in [-0.15, -0.1) is 0 Å². The molecule has 2 N–H and O–H groups in total. The van der Waals surface area contributed by atoms with Crippen LogP contribution in [0, 0.1) is 13.8 Å². The normalized spacial score (nSPS) is 11.4. The van der Waals surface area contributed by atoms with Gasteiger partial charge in [0.05, 0.1) is 6.33 Å². The summed E-state index contributed by atoms with van der Waals surface area (Å²) in [5.41, 5.74) is 7.00. The molecule has 3 heteroatoms. The first-order valence-electron chi connectivity index (χ1n) is 9.08. The summed E-state index contributed by atoms with van der Waals surface area (Å²) in [7, 11) is 0. The summed E-state index contributed by atoms with van der Waals surface area (Å²) >= 11 is 0. The average molecular weight is 348 g/mol. The predicted molar refractivity (Wildman–Crippen MR) is 110 cm³/mol. The zero-order chi connectivity index (χ0) is 19.1. The Morgan fingerprint density at radius 1 is 1.12 bits per heavy atom. The molecule has 1 aromatic heterocycles. The van der Waals surface area contributed by atoms with Crippen LogP contribution in [0.25, 0.3) is 5.76 Å². The Morgan fingerprint density at radius 3 is 2.38 bits per heavy atom. The summed E-state index contributed by atoms with van der Waals surface area (Å²) in [6.07, 6.45) is 4.49. The van der Waals surface area contributed by atoms with Crippen LogP contribution < -0.4 is 0 Å². The van der Waals surface area contributed by atoms with Gasteiger partial charge in [0.2, 0.25) is 0 Å². The van der Waals surface area contributed by atoms with E-state index in [1.54, 1.807) is 6.33 Å². The molecule has 0 saturated heterocycles. The molecule has 0 aliphatic carbocycles. The van der Waals surface area contributed by atoms with Crippen molar-refractivity contribution in [2.24, 2.45) is 0 Å². The number of H-pyrrole nitrogens is 1. The van der Waals surface area contributed by atoms with E-state index in [-0.39, 0.29) is 11.7 Å². The van der Waals surface area contributed by atoms with E-state index >= 15 is 0 Å². The molecule has 3 nitrogen and oxygen atoms in total. The number of imidazole rings is 1. The Kier molecular flexibility index (Phi) is 6.79. The molecule has 1 unspecified atom stereocenters. The summed E-state index contributed by atoms with van der Waals surface area (Å²) in [6, 6.07) is 14.4. The first-order valence-corrected chi connectivity index (χ1v) is 9.08. The van der Waals surface area contributed by atoms with Crippen molar-refractivity contribution >= 4 is 5.76 Å². The third-order valence-electron chi connectivity index (χ3n) is 4.64. The van der Waals surface area contributed by atoms with Crippen molar-refractivity contribution in [2.75, 3.05) is 0 Å². The van der Waals surface area contributed by atoms with Crippen molar-refractivity contribution in [3.63, 3.8) is 0 Å². The molecular weight excluding hydrogens is 320 g/mol. The lowest BCUT2D eigenvalue weighted by Gasteiger charge is -2.20. The van der Waals surface area contributed by atoms with Gasteiger partial charge in [0, 0.05) is 23.4 Å². The molecule has 0 fully saturated rings. The third-order valence-corrected chi connectivity index (χ3v) is 4.64. The molecule has 1 atom stereocenters. The largest absolute Gasteiger partial charge is 0.508 e. The fourth-order valence-corrected chi connectivity index (χ4v) is 3.06. The lowest BCUT2D eigenvalue weighted by Crippen LogP contribution is -2.08. The second-order valence-corrected chi connectivity index (χ2v) is 6.20. The van der Waals surface area contributed by atoms with Crippen LogP contribution in [0.3, 0.4) is 0 Å². The van der Waals surface area contributed by atoms with Crippen molar-refractivity contribution in [1.82, 2.24) is 9.97 Å². The van der Waals surface area contributed by atoms with Crippen molar-refractivity contribution in [1.29, 1.82) is 0 Å². The van der Waals surface area contributed by atoms with Crippen LogP contribution in [-0.4, -0.2) is 15.1 Å². The highest BCUT2D eigenvalue weighted by Gasteiger charge is 2.19. The topological polar surface area (TPSA) is 48.9 Å². The summed E-state index contributed by atoms with van der Waals surface area (Å²) < 4.78 is 0. The number of aromatic amines is 1. The van der Waals surface area contributed by atoms with Gasteiger partial charge >= 0.3 is 0 Å². The molecular formula is C23H28N2O. The van der Waals surface area contributed by atoms with E-state index in [0.29, 0.717) is 0 Å². The van der Waals surface area contributed by atoms with Gasteiger partial charge in [0.1, 0.15) is 5.76 Å². The lowest BCUT2D eigenvalue weighted by atomic mass is 9.85.